The van der Waals surface area contributed by atoms with E-state index >= 15 is 0 Å². The van der Waals surface area contributed by atoms with E-state index in [1.54, 1.807) is 0 Å². The van der Waals surface area contributed by atoms with Gasteiger partial charge in [0.15, 0.2) is 0 Å². The van der Waals surface area contributed by atoms with E-state index in [1.807, 2.05) is 24.3 Å². The molecule has 1 atom stereocenters. The minimum absolute atomic E-state index is 0.0205. The normalized spacial score (nSPS) is 17.3. The van der Waals surface area contributed by atoms with Gasteiger partial charge in [0.05, 0.1) is 5.52 Å². The second-order valence-electron chi connectivity index (χ2n) is 4.85. The van der Waals surface area contributed by atoms with Crippen molar-refractivity contribution in [1.82, 2.24) is 4.98 Å². The van der Waals surface area contributed by atoms with Gasteiger partial charge >= 0.3 is 0 Å². The van der Waals surface area contributed by atoms with Crippen molar-refractivity contribution in [1.29, 1.82) is 0 Å². The SMILES string of the molecule is N[C@H](CC1CC1)c1cc2ccccc2nc1Cl. The molecule has 1 saturated carbocycles. The number of fused-ring (bicyclic) bond motifs is 1. The van der Waals surface area contributed by atoms with Crippen LogP contribution in [0, 0.1) is 5.92 Å². The van der Waals surface area contributed by atoms with E-state index in [0.29, 0.717) is 5.15 Å². The Morgan fingerprint density at radius 2 is 2.12 bits per heavy atom. The standard InChI is InChI=1S/C14H15ClN2/c15-14-11(12(16)7-9-5-6-9)8-10-3-1-2-4-13(10)17-14/h1-4,8-9,12H,5-7,16H2/t12-/m1/s1. The van der Waals surface area contributed by atoms with Crippen molar-refractivity contribution in [2.45, 2.75) is 25.3 Å². The van der Waals surface area contributed by atoms with E-state index < -0.39 is 0 Å². The monoisotopic (exact) mass is 246 g/mol. The molecule has 17 heavy (non-hydrogen) atoms. The first-order valence-corrected chi connectivity index (χ1v) is 6.42. The first kappa shape index (κ1) is 11.0. The highest BCUT2D eigenvalue weighted by atomic mass is 35.5. The molecule has 0 aliphatic heterocycles. The number of rotatable bonds is 3. The zero-order chi connectivity index (χ0) is 11.8. The van der Waals surface area contributed by atoms with E-state index in [-0.39, 0.29) is 6.04 Å². The van der Waals surface area contributed by atoms with Gasteiger partial charge in [-0.2, -0.15) is 0 Å². The topological polar surface area (TPSA) is 38.9 Å². The Kier molecular flexibility index (Phi) is 2.77. The molecule has 0 saturated heterocycles. The Balaban J connectivity index is 1.99. The Morgan fingerprint density at radius 1 is 1.35 bits per heavy atom. The van der Waals surface area contributed by atoms with Gasteiger partial charge in [0.2, 0.25) is 0 Å². The first-order valence-electron chi connectivity index (χ1n) is 6.05. The van der Waals surface area contributed by atoms with Crippen molar-refractivity contribution in [3.63, 3.8) is 0 Å². The minimum Gasteiger partial charge on any atom is -0.324 e. The lowest BCUT2D eigenvalue weighted by molar-refractivity contribution is 0.596. The van der Waals surface area contributed by atoms with Crippen molar-refractivity contribution in [2.24, 2.45) is 11.7 Å². The van der Waals surface area contributed by atoms with Gasteiger partial charge in [0.25, 0.3) is 0 Å². The minimum atomic E-state index is 0.0205. The van der Waals surface area contributed by atoms with Crippen molar-refractivity contribution in [2.75, 3.05) is 0 Å². The molecule has 1 aliphatic rings. The fourth-order valence-electron chi connectivity index (χ4n) is 2.21. The fraction of sp³-hybridized carbons (Fsp3) is 0.357. The predicted molar refractivity (Wildman–Crippen MR) is 71.0 cm³/mol. The molecule has 1 aromatic heterocycles. The van der Waals surface area contributed by atoms with Crippen molar-refractivity contribution in [3.8, 4) is 0 Å². The largest absolute Gasteiger partial charge is 0.324 e. The Bertz CT molecular complexity index is 549. The summed E-state index contributed by atoms with van der Waals surface area (Å²) in [5.74, 6) is 0.799. The number of para-hydroxylation sites is 1. The Labute approximate surface area is 106 Å². The van der Waals surface area contributed by atoms with Gasteiger partial charge in [0, 0.05) is 17.0 Å². The molecule has 1 fully saturated rings. The Hall–Kier alpha value is -1.12. The number of nitrogens with two attached hydrogens (primary N) is 1. The molecule has 3 heteroatoms. The summed E-state index contributed by atoms with van der Waals surface area (Å²) in [7, 11) is 0. The smallest absolute Gasteiger partial charge is 0.134 e. The number of hydrogen-bond donors (Lipinski definition) is 1. The zero-order valence-corrected chi connectivity index (χ0v) is 10.3. The van der Waals surface area contributed by atoms with Crippen LogP contribution in [0.1, 0.15) is 30.9 Å². The molecular formula is C14H15ClN2. The van der Waals surface area contributed by atoms with Crippen LogP contribution in [-0.4, -0.2) is 4.98 Å². The fourth-order valence-corrected chi connectivity index (χ4v) is 2.49. The molecule has 0 spiro atoms. The maximum absolute atomic E-state index is 6.21. The van der Waals surface area contributed by atoms with Crippen molar-refractivity contribution < 1.29 is 0 Å². The maximum atomic E-state index is 6.21. The van der Waals surface area contributed by atoms with Crippen LogP contribution in [0.3, 0.4) is 0 Å². The third-order valence-electron chi connectivity index (χ3n) is 3.39. The summed E-state index contributed by atoms with van der Waals surface area (Å²) in [5, 5.41) is 1.66. The van der Waals surface area contributed by atoms with Crippen LogP contribution in [0.5, 0.6) is 0 Å². The van der Waals surface area contributed by atoms with Crippen LogP contribution in [0.2, 0.25) is 5.15 Å². The molecule has 1 aliphatic carbocycles. The molecule has 0 unspecified atom stereocenters. The van der Waals surface area contributed by atoms with Gasteiger partial charge in [0.1, 0.15) is 5.15 Å². The lowest BCUT2D eigenvalue weighted by Crippen LogP contribution is -2.12. The average Bonchev–Trinajstić information content (AvgIpc) is 3.12. The second kappa shape index (κ2) is 4.28. The van der Waals surface area contributed by atoms with Gasteiger partial charge in [-0.25, -0.2) is 4.98 Å². The summed E-state index contributed by atoms with van der Waals surface area (Å²) < 4.78 is 0. The third-order valence-corrected chi connectivity index (χ3v) is 3.69. The van der Waals surface area contributed by atoms with Crippen LogP contribution >= 0.6 is 11.6 Å². The van der Waals surface area contributed by atoms with Crippen molar-refractivity contribution in [3.05, 3.63) is 41.0 Å². The molecule has 0 radical (unpaired) electrons. The molecular weight excluding hydrogens is 232 g/mol. The molecule has 3 rings (SSSR count). The maximum Gasteiger partial charge on any atom is 0.134 e. The lowest BCUT2D eigenvalue weighted by atomic mass is 10.0. The van der Waals surface area contributed by atoms with Crippen molar-refractivity contribution >= 4 is 22.5 Å². The van der Waals surface area contributed by atoms with Gasteiger partial charge in [-0.05, 0) is 24.5 Å². The summed E-state index contributed by atoms with van der Waals surface area (Å²) in [6.45, 7) is 0. The third kappa shape index (κ3) is 2.28. The number of benzene rings is 1. The molecule has 1 aromatic carbocycles. The average molecular weight is 247 g/mol. The van der Waals surface area contributed by atoms with Gasteiger partial charge in [-0.3, -0.25) is 0 Å². The number of nitrogens with zero attached hydrogens (tertiary/aromatic N) is 1. The lowest BCUT2D eigenvalue weighted by Gasteiger charge is -2.13. The zero-order valence-electron chi connectivity index (χ0n) is 9.57. The highest BCUT2D eigenvalue weighted by Gasteiger charge is 2.25. The number of pyridine rings is 1. The van der Waals surface area contributed by atoms with Crippen LogP contribution in [-0.2, 0) is 0 Å². The first-order chi connectivity index (χ1) is 8.24. The van der Waals surface area contributed by atoms with Gasteiger partial charge in [-0.15, -0.1) is 0 Å². The number of aromatic nitrogens is 1. The molecule has 88 valence electrons. The van der Waals surface area contributed by atoms with Crippen LogP contribution in [0.4, 0.5) is 0 Å². The van der Waals surface area contributed by atoms with Gasteiger partial charge in [-0.1, -0.05) is 42.6 Å². The number of halogens is 1. The van der Waals surface area contributed by atoms with Gasteiger partial charge < -0.3 is 5.73 Å². The van der Waals surface area contributed by atoms with E-state index in [9.17, 15) is 0 Å². The van der Waals surface area contributed by atoms with E-state index in [1.165, 1.54) is 12.8 Å². The van der Waals surface area contributed by atoms with E-state index in [4.69, 9.17) is 17.3 Å². The summed E-state index contributed by atoms with van der Waals surface area (Å²) >= 11 is 6.21. The highest BCUT2D eigenvalue weighted by Crippen LogP contribution is 2.38. The molecule has 0 amide bonds. The predicted octanol–water partition coefficient (Wildman–Crippen LogP) is 3.69. The second-order valence-corrected chi connectivity index (χ2v) is 5.20. The molecule has 0 bridgehead atoms. The molecule has 2 N–H and O–H groups in total. The van der Waals surface area contributed by atoms with E-state index in [2.05, 4.69) is 11.1 Å². The summed E-state index contributed by atoms with van der Waals surface area (Å²) in [4.78, 5) is 4.41. The van der Waals surface area contributed by atoms with E-state index in [0.717, 1.165) is 28.8 Å². The quantitative estimate of drug-likeness (QED) is 0.839. The molecule has 1 heterocycles. The highest BCUT2D eigenvalue weighted by molar-refractivity contribution is 6.30. The summed E-state index contributed by atoms with van der Waals surface area (Å²) in [6, 6.07) is 10.1. The number of hydrogen-bond acceptors (Lipinski definition) is 2. The summed E-state index contributed by atoms with van der Waals surface area (Å²) in [5.41, 5.74) is 8.12. The molecule has 2 aromatic rings. The Morgan fingerprint density at radius 3 is 2.88 bits per heavy atom. The van der Waals surface area contributed by atoms with Crippen LogP contribution in [0.15, 0.2) is 30.3 Å². The van der Waals surface area contributed by atoms with Crippen LogP contribution < -0.4 is 5.73 Å². The van der Waals surface area contributed by atoms with Crippen LogP contribution in [0.25, 0.3) is 10.9 Å². The molecule has 2 nitrogen and oxygen atoms in total. The summed E-state index contributed by atoms with van der Waals surface area (Å²) in [6.07, 6.45) is 3.65.